The van der Waals surface area contributed by atoms with Crippen LogP contribution in [0.5, 0.6) is 0 Å². The Morgan fingerprint density at radius 3 is 1.96 bits per heavy atom. The summed E-state index contributed by atoms with van der Waals surface area (Å²) in [5.41, 5.74) is 2.95. The van der Waals surface area contributed by atoms with E-state index in [0.29, 0.717) is 17.9 Å². The highest BCUT2D eigenvalue weighted by molar-refractivity contribution is 5.90. The second-order valence-electron chi connectivity index (χ2n) is 5.75. The topological polar surface area (TPSA) is 79.5 Å². The number of carbonyl (C=O) groups excluding carboxylic acids is 2. The Balaban J connectivity index is 1.94. The van der Waals surface area contributed by atoms with Crippen molar-refractivity contribution in [2.75, 3.05) is 17.2 Å². The number of nitrogens with one attached hydrogen (secondary N) is 3. The molecule has 0 saturated carbocycles. The van der Waals surface area contributed by atoms with E-state index in [0.717, 1.165) is 11.4 Å². The van der Waals surface area contributed by atoms with Crippen molar-refractivity contribution in [2.24, 2.45) is 0 Å². The summed E-state index contributed by atoms with van der Waals surface area (Å²) < 4.78 is 4.96. The average molecular weight is 341 g/mol. The Labute approximate surface area is 147 Å². The first-order chi connectivity index (χ1) is 12.0. The number of hydrogen-bond acceptors (Lipinski definition) is 4. The molecule has 0 aliphatic carbocycles. The summed E-state index contributed by atoms with van der Waals surface area (Å²) in [4.78, 5) is 23.3. The number of anilines is 3. The van der Waals surface area contributed by atoms with Crippen molar-refractivity contribution < 1.29 is 14.3 Å². The highest BCUT2D eigenvalue weighted by Gasteiger charge is 2.06. The Hall–Kier alpha value is -3.02. The van der Waals surface area contributed by atoms with Crippen molar-refractivity contribution in [3.63, 3.8) is 0 Å². The van der Waals surface area contributed by atoms with Crippen LogP contribution in [0.15, 0.2) is 48.5 Å². The van der Waals surface area contributed by atoms with Gasteiger partial charge >= 0.3 is 12.0 Å². The molecule has 0 aliphatic rings. The SMILES string of the molecule is CCOC(=O)c1ccc(Nc2ccc(NC(=O)NC(C)C)cc2)cc1. The predicted molar refractivity (Wildman–Crippen MR) is 99.4 cm³/mol. The summed E-state index contributed by atoms with van der Waals surface area (Å²) in [5.74, 6) is -0.329. The molecule has 0 bridgehead atoms. The first-order valence-corrected chi connectivity index (χ1v) is 8.19. The van der Waals surface area contributed by atoms with Crippen LogP contribution in [0.3, 0.4) is 0 Å². The lowest BCUT2D eigenvalue weighted by Crippen LogP contribution is -2.34. The van der Waals surface area contributed by atoms with Crippen LogP contribution in [-0.4, -0.2) is 24.6 Å². The van der Waals surface area contributed by atoms with Crippen molar-refractivity contribution in [3.05, 3.63) is 54.1 Å². The molecule has 2 aromatic carbocycles. The summed E-state index contributed by atoms with van der Waals surface area (Å²) >= 11 is 0. The van der Waals surface area contributed by atoms with Gasteiger partial charge in [-0.3, -0.25) is 0 Å². The maximum atomic E-state index is 11.7. The van der Waals surface area contributed by atoms with Crippen molar-refractivity contribution in [2.45, 2.75) is 26.8 Å². The first-order valence-electron chi connectivity index (χ1n) is 8.19. The van der Waals surface area contributed by atoms with Crippen molar-refractivity contribution >= 4 is 29.1 Å². The zero-order chi connectivity index (χ0) is 18.2. The molecule has 2 rings (SSSR count). The second-order valence-corrected chi connectivity index (χ2v) is 5.75. The van der Waals surface area contributed by atoms with Gasteiger partial charge in [0, 0.05) is 23.1 Å². The third-order valence-corrected chi connectivity index (χ3v) is 3.25. The zero-order valence-corrected chi connectivity index (χ0v) is 14.6. The lowest BCUT2D eigenvalue weighted by Gasteiger charge is -2.11. The third-order valence-electron chi connectivity index (χ3n) is 3.25. The minimum Gasteiger partial charge on any atom is -0.462 e. The number of carbonyl (C=O) groups is 2. The molecule has 132 valence electrons. The lowest BCUT2D eigenvalue weighted by molar-refractivity contribution is 0.0526. The van der Waals surface area contributed by atoms with Crippen LogP contribution >= 0.6 is 0 Å². The molecule has 2 amide bonds. The molecule has 2 aromatic rings. The van der Waals surface area contributed by atoms with Crippen LogP contribution < -0.4 is 16.0 Å². The maximum Gasteiger partial charge on any atom is 0.338 e. The summed E-state index contributed by atoms with van der Waals surface area (Å²) in [5, 5.41) is 8.77. The summed E-state index contributed by atoms with van der Waals surface area (Å²) in [6.45, 7) is 5.94. The number of ether oxygens (including phenoxy) is 1. The monoisotopic (exact) mass is 341 g/mol. The molecule has 0 radical (unpaired) electrons. The molecule has 25 heavy (non-hydrogen) atoms. The van der Waals surface area contributed by atoms with Gasteiger partial charge in [0.2, 0.25) is 0 Å². The second kappa shape index (κ2) is 8.73. The molecule has 0 aromatic heterocycles. The van der Waals surface area contributed by atoms with E-state index in [1.165, 1.54) is 0 Å². The van der Waals surface area contributed by atoms with E-state index in [2.05, 4.69) is 16.0 Å². The van der Waals surface area contributed by atoms with Crippen LogP contribution in [0.1, 0.15) is 31.1 Å². The van der Waals surface area contributed by atoms with Gasteiger partial charge in [-0.15, -0.1) is 0 Å². The normalized spacial score (nSPS) is 10.2. The molecule has 0 fully saturated rings. The van der Waals surface area contributed by atoms with Gasteiger partial charge in [-0.25, -0.2) is 9.59 Å². The Kier molecular flexibility index (Phi) is 6.39. The Morgan fingerprint density at radius 1 is 0.920 bits per heavy atom. The van der Waals surface area contributed by atoms with Gasteiger partial charge in [-0.05, 0) is 69.3 Å². The van der Waals surface area contributed by atoms with E-state index in [4.69, 9.17) is 4.74 Å². The fourth-order valence-corrected chi connectivity index (χ4v) is 2.14. The van der Waals surface area contributed by atoms with Crippen molar-refractivity contribution in [3.8, 4) is 0 Å². The van der Waals surface area contributed by atoms with E-state index in [9.17, 15) is 9.59 Å². The van der Waals surface area contributed by atoms with E-state index in [1.54, 1.807) is 19.1 Å². The fraction of sp³-hybridized carbons (Fsp3) is 0.263. The molecule has 0 heterocycles. The molecule has 0 unspecified atom stereocenters. The minimum atomic E-state index is -0.329. The van der Waals surface area contributed by atoms with Gasteiger partial charge in [0.1, 0.15) is 0 Å². The minimum absolute atomic E-state index is 0.0820. The van der Waals surface area contributed by atoms with E-state index in [1.807, 2.05) is 50.2 Å². The van der Waals surface area contributed by atoms with E-state index >= 15 is 0 Å². The van der Waals surface area contributed by atoms with Crippen molar-refractivity contribution in [1.82, 2.24) is 5.32 Å². The summed E-state index contributed by atoms with van der Waals surface area (Å²) in [6.07, 6.45) is 0. The molecule has 0 aliphatic heterocycles. The van der Waals surface area contributed by atoms with Crippen LogP contribution in [-0.2, 0) is 4.74 Å². The smallest absolute Gasteiger partial charge is 0.338 e. The summed E-state index contributed by atoms with van der Waals surface area (Å²) in [6, 6.07) is 14.3. The van der Waals surface area contributed by atoms with Crippen LogP contribution in [0.2, 0.25) is 0 Å². The molecule has 6 nitrogen and oxygen atoms in total. The number of urea groups is 1. The van der Waals surface area contributed by atoms with Gasteiger partial charge in [0.05, 0.1) is 12.2 Å². The Morgan fingerprint density at radius 2 is 1.44 bits per heavy atom. The van der Waals surface area contributed by atoms with Gasteiger partial charge in [-0.2, -0.15) is 0 Å². The maximum absolute atomic E-state index is 11.7. The van der Waals surface area contributed by atoms with E-state index in [-0.39, 0.29) is 18.0 Å². The largest absolute Gasteiger partial charge is 0.462 e. The quantitative estimate of drug-likeness (QED) is 0.690. The predicted octanol–water partition coefficient (Wildman–Crippen LogP) is 4.14. The zero-order valence-electron chi connectivity index (χ0n) is 14.6. The highest BCUT2D eigenvalue weighted by Crippen LogP contribution is 2.19. The Bertz CT molecular complexity index is 710. The number of benzene rings is 2. The molecule has 0 spiro atoms. The lowest BCUT2D eigenvalue weighted by atomic mass is 10.2. The van der Waals surface area contributed by atoms with Crippen LogP contribution in [0.25, 0.3) is 0 Å². The molecule has 6 heteroatoms. The molecule has 3 N–H and O–H groups in total. The number of esters is 1. The number of rotatable bonds is 6. The highest BCUT2D eigenvalue weighted by atomic mass is 16.5. The van der Waals surface area contributed by atoms with Gasteiger partial charge in [-0.1, -0.05) is 0 Å². The molecule has 0 atom stereocenters. The average Bonchev–Trinajstić information content (AvgIpc) is 2.57. The molecular weight excluding hydrogens is 318 g/mol. The van der Waals surface area contributed by atoms with Crippen LogP contribution in [0.4, 0.5) is 21.9 Å². The molecule has 0 saturated heterocycles. The van der Waals surface area contributed by atoms with Gasteiger partial charge < -0.3 is 20.7 Å². The summed E-state index contributed by atoms with van der Waals surface area (Å²) in [7, 11) is 0. The number of amides is 2. The van der Waals surface area contributed by atoms with Crippen molar-refractivity contribution in [1.29, 1.82) is 0 Å². The van der Waals surface area contributed by atoms with E-state index < -0.39 is 0 Å². The number of hydrogen-bond donors (Lipinski definition) is 3. The molecular formula is C19H23N3O3. The fourth-order valence-electron chi connectivity index (χ4n) is 2.14. The first kappa shape index (κ1) is 18.3. The standard InChI is InChI=1S/C19H23N3O3/c1-4-25-18(23)14-5-7-15(8-6-14)21-16-9-11-17(12-10-16)22-19(24)20-13(2)3/h5-13,21H,4H2,1-3H3,(H2,20,22,24). The van der Waals surface area contributed by atoms with Crippen LogP contribution in [0, 0.1) is 0 Å². The third kappa shape index (κ3) is 5.84. The van der Waals surface area contributed by atoms with Gasteiger partial charge in [0.15, 0.2) is 0 Å². The van der Waals surface area contributed by atoms with Gasteiger partial charge in [0.25, 0.3) is 0 Å².